The summed E-state index contributed by atoms with van der Waals surface area (Å²) >= 11 is 1.23. The van der Waals surface area contributed by atoms with E-state index in [-0.39, 0.29) is 23.6 Å². The topological polar surface area (TPSA) is 108 Å². The van der Waals surface area contributed by atoms with Crippen molar-refractivity contribution < 1.29 is 28.6 Å². The molecule has 4 rings (SSSR count). The summed E-state index contributed by atoms with van der Waals surface area (Å²) in [7, 11) is 1.33. The lowest BCUT2D eigenvalue weighted by molar-refractivity contribution is -0.184. The third-order valence-corrected chi connectivity index (χ3v) is 6.88. The number of esters is 2. The van der Waals surface area contributed by atoms with Gasteiger partial charge in [-0.3, -0.25) is 15.4 Å². The summed E-state index contributed by atoms with van der Waals surface area (Å²) in [5.41, 5.74) is 5.93. The van der Waals surface area contributed by atoms with Gasteiger partial charge in [0, 0.05) is 12.9 Å². The van der Waals surface area contributed by atoms with Crippen LogP contribution >= 0.6 is 11.8 Å². The molecule has 9 heteroatoms. The van der Waals surface area contributed by atoms with Crippen LogP contribution in [0.1, 0.15) is 24.2 Å². The average Bonchev–Trinajstić information content (AvgIpc) is 2.86. The number of rotatable bonds is 7. The van der Waals surface area contributed by atoms with Crippen LogP contribution in [0, 0.1) is 0 Å². The molecule has 33 heavy (non-hydrogen) atoms. The molecule has 1 unspecified atom stereocenters. The summed E-state index contributed by atoms with van der Waals surface area (Å²) in [6.45, 7) is 1.79. The number of thioether (sulfide) groups is 1. The minimum atomic E-state index is -1.57. The molecule has 1 amide bonds. The van der Waals surface area contributed by atoms with Crippen molar-refractivity contribution in [2.45, 2.75) is 24.1 Å². The van der Waals surface area contributed by atoms with E-state index in [0.29, 0.717) is 0 Å². The van der Waals surface area contributed by atoms with E-state index in [2.05, 4.69) is 0 Å². The van der Waals surface area contributed by atoms with Gasteiger partial charge >= 0.3 is 11.9 Å². The second kappa shape index (κ2) is 9.38. The van der Waals surface area contributed by atoms with Gasteiger partial charge in [0.1, 0.15) is 11.1 Å². The van der Waals surface area contributed by atoms with Crippen LogP contribution in [0.4, 0.5) is 0 Å². The molecule has 2 N–H and O–H groups in total. The molecule has 0 spiro atoms. The molecule has 172 valence electrons. The predicted molar refractivity (Wildman–Crippen MR) is 121 cm³/mol. The summed E-state index contributed by atoms with van der Waals surface area (Å²) in [6.07, 6.45) is -0.745. The first-order valence-electron chi connectivity index (χ1n) is 10.4. The molecule has 0 aromatic heterocycles. The van der Waals surface area contributed by atoms with Crippen molar-refractivity contribution in [3.05, 3.63) is 83.1 Å². The lowest BCUT2D eigenvalue weighted by atomic mass is 9.99. The van der Waals surface area contributed by atoms with E-state index in [9.17, 15) is 14.4 Å². The smallest absolute Gasteiger partial charge is 0.356 e. The van der Waals surface area contributed by atoms with Crippen molar-refractivity contribution in [1.29, 1.82) is 0 Å². The Hall–Kier alpha value is -3.14. The van der Waals surface area contributed by atoms with Gasteiger partial charge in [0.15, 0.2) is 6.10 Å². The minimum absolute atomic E-state index is 0.0643. The third-order valence-electron chi connectivity index (χ3n) is 5.55. The number of carbonyl (C=O) groups excluding carboxylic acids is 3. The van der Waals surface area contributed by atoms with Gasteiger partial charge in [0.2, 0.25) is 5.72 Å². The van der Waals surface area contributed by atoms with Crippen LogP contribution in [0.3, 0.4) is 0 Å². The van der Waals surface area contributed by atoms with Crippen molar-refractivity contribution in [3.63, 3.8) is 0 Å². The Morgan fingerprint density at radius 3 is 2.18 bits per heavy atom. The molecule has 0 bridgehead atoms. The molecule has 2 atom stereocenters. The van der Waals surface area contributed by atoms with Crippen molar-refractivity contribution in [1.82, 2.24) is 4.90 Å². The highest BCUT2D eigenvalue weighted by molar-refractivity contribution is 8.00. The average molecular weight is 469 g/mol. The number of nitrogens with zero attached hydrogens (tertiary/aromatic N) is 1. The molecule has 8 nitrogen and oxygen atoms in total. The predicted octanol–water partition coefficient (Wildman–Crippen LogP) is 2.35. The number of hydrogen-bond acceptors (Lipinski definition) is 8. The first kappa shape index (κ1) is 23.0. The van der Waals surface area contributed by atoms with Crippen molar-refractivity contribution in [3.8, 4) is 0 Å². The Morgan fingerprint density at radius 2 is 1.67 bits per heavy atom. The number of benzene rings is 2. The van der Waals surface area contributed by atoms with E-state index < -0.39 is 35.0 Å². The zero-order chi connectivity index (χ0) is 23.6. The van der Waals surface area contributed by atoms with Crippen molar-refractivity contribution in [2.75, 3.05) is 19.5 Å². The molecule has 2 aromatic rings. The van der Waals surface area contributed by atoms with Crippen LogP contribution in [0.25, 0.3) is 0 Å². The van der Waals surface area contributed by atoms with Crippen molar-refractivity contribution in [2.24, 2.45) is 5.73 Å². The molecule has 1 fully saturated rings. The van der Waals surface area contributed by atoms with E-state index in [1.807, 2.05) is 60.7 Å². The van der Waals surface area contributed by atoms with Crippen LogP contribution in [-0.4, -0.2) is 53.3 Å². The van der Waals surface area contributed by atoms with Crippen LogP contribution in [0.5, 0.6) is 0 Å². The summed E-state index contributed by atoms with van der Waals surface area (Å²) in [6, 6.07) is 18.5. The summed E-state index contributed by atoms with van der Waals surface area (Å²) in [5, 5.41) is -0.664. The summed E-state index contributed by atoms with van der Waals surface area (Å²) in [5.74, 6) is -1.98. The largest absolute Gasteiger partial charge is 0.463 e. The maximum absolute atomic E-state index is 13.5. The fourth-order valence-electron chi connectivity index (χ4n) is 3.85. The number of hydrogen-bond donors (Lipinski definition) is 1. The van der Waals surface area contributed by atoms with Gasteiger partial charge in [-0.2, -0.15) is 0 Å². The zero-order valence-corrected chi connectivity index (χ0v) is 19.0. The highest BCUT2D eigenvalue weighted by Gasteiger charge is 2.64. The number of carbonyl (C=O) groups is 3. The maximum Gasteiger partial charge on any atom is 0.356 e. The molecule has 2 aromatic carbocycles. The van der Waals surface area contributed by atoms with Gasteiger partial charge < -0.3 is 14.2 Å². The molecular weight excluding hydrogens is 444 g/mol. The van der Waals surface area contributed by atoms with Crippen LogP contribution < -0.4 is 5.73 Å². The van der Waals surface area contributed by atoms with E-state index in [4.69, 9.17) is 19.9 Å². The van der Waals surface area contributed by atoms with Gasteiger partial charge in [0.05, 0.1) is 12.2 Å². The minimum Gasteiger partial charge on any atom is -0.463 e. The monoisotopic (exact) mass is 468 g/mol. The number of nitrogens with two attached hydrogens (primary N) is 1. The van der Waals surface area contributed by atoms with Gasteiger partial charge in [-0.05, 0) is 18.1 Å². The number of fused-ring (bicyclic) bond motifs is 1. The van der Waals surface area contributed by atoms with Crippen LogP contribution in [0.15, 0.2) is 71.9 Å². The Labute approximate surface area is 195 Å². The Bertz CT molecular complexity index is 1050. The fraction of sp³-hybridized carbons (Fsp3) is 0.292. The Morgan fingerprint density at radius 1 is 1.09 bits per heavy atom. The molecule has 1 saturated heterocycles. The first-order chi connectivity index (χ1) is 15.9. The molecule has 2 aliphatic rings. The van der Waals surface area contributed by atoms with E-state index in [1.54, 1.807) is 6.92 Å². The molecule has 2 aliphatic heterocycles. The molecule has 0 saturated carbocycles. The summed E-state index contributed by atoms with van der Waals surface area (Å²) < 4.78 is 16.3. The number of methoxy groups -OCH3 is 1. The molecule has 0 aliphatic carbocycles. The van der Waals surface area contributed by atoms with Crippen LogP contribution in [0.2, 0.25) is 0 Å². The molecule has 0 radical (unpaired) electrons. The number of ether oxygens (including phenoxy) is 3. The lowest BCUT2D eigenvalue weighted by Gasteiger charge is -2.54. The normalized spacial score (nSPS) is 22.0. The maximum atomic E-state index is 13.5. The zero-order valence-electron chi connectivity index (χ0n) is 18.2. The van der Waals surface area contributed by atoms with E-state index in [0.717, 1.165) is 11.1 Å². The highest BCUT2D eigenvalue weighted by Crippen LogP contribution is 2.46. The van der Waals surface area contributed by atoms with Crippen molar-refractivity contribution >= 4 is 29.6 Å². The lowest BCUT2D eigenvalue weighted by Crippen LogP contribution is -2.78. The Balaban J connectivity index is 1.73. The second-order valence-electron chi connectivity index (χ2n) is 7.49. The third kappa shape index (κ3) is 4.03. The fourth-order valence-corrected chi connectivity index (χ4v) is 5.22. The SMILES string of the molecule is CCOC(=O)C1=C(C(=O)OC(c2ccccc2)c2ccccc2)N2C(=O)C(N)(OC)[C@H]2SC1. The molecular formula is C24H24N2O6S. The number of amides is 1. The van der Waals surface area contributed by atoms with Gasteiger partial charge in [0.25, 0.3) is 5.91 Å². The standard InChI is InChI=1S/C24H24N2O6S/c1-3-31-20(27)17-14-33-23-24(25,30-2)22(29)26(23)18(17)21(28)32-19(15-10-6-4-7-11-15)16-12-8-5-9-13-16/h4-13,19,23H,3,14,25H2,1-2H3/t23-,24?/m1/s1. The van der Waals surface area contributed by atoms with Gasteiger partial charge in [-0.25, -0.2) is 9.59 Å². The number of β-lactam (4-membered cyclic amide) rings is 1. The van der Waals surface area contributed by atoms with E-state index in [1.165, 1.54) is 23.8 Å². The quantitative estimate of drug-likeness (QED) is 0.375. The van der Waals surface area contributed by atoms with Gasteiger partial charge in [-0.1, -0.05) is 60.7 Å². The van der Waals surface area contributed by atoms with Crippen LogP contribution in [-0.2, 0) is 28.6 Å². The Kier molecular flexibility index (Phi) is 6.55. The summed E-state index contributed by atoms with van der Waals surface area (Å²) in [4.78, 5) is 40.3. The second-order valence-corrected chi connectivity index (χ2v) is 8.56. The highest BCUT2D eigenvalue weighted by atomic mass is 32.2. The van der Waals surface area contributed by atoms with E-state index >= 15 is 0 Å². The molecule has 2 heterocycles. The van der Waals surface area contributed by atoms with Gasteiger partial charge in [-0.15, -0.1) is 11.8 Å². The first-order valence-corrected chi connectivity index (χ1v) is 11.5.